The van der Waals surface area contributed by atoms with Crippen molar-refractivity contribution in [2.45, 2.75) is 181 Å². The molecule has 0 N–H and O–H groups in total. The summed E-state index contributed by atoms with van der Waals surface area (Å²) >= 11 is 0. The zero-order valence-corrected chi connectivity index (χ0v) is 29.1. The second-order valence-corrected chi connectivity index (χ2v) is 19.9. The molecule has 234 valence electrons. The second kappa shape index (κ2) is 14.5. The first-order valence-corrected chi connectivity index (χ1v) is 18.9. The minimum absolute atomic E-state index is 0.0434. The lowest BCUT2D eigenvalue weighted by atomic mass is 9.75. The van der Waals surface area contributed by atoms with Gasteiger partial charge in [0.2, 0.25) is 8.32 Å². The van der Waals surface area contributed by atoms with Crippen molar-refractivity contribution in [1.82, 2.24) is 0 Å². The van der Waals surface area contributed by atoms with E-state index < -0.39 is 13.9 Å². The third kappa shape index (κ3) is 7.27. The summed E-state index contributed by atoms with van der Waals surface area (Å²) in [5, 5.41) is 0. The summed E-state index contributed by atoms with van der Waals surface area (Å²) in [6.45, 7) is 28.7. The van der Waals surface area contributed by atoms with Crippen LogP contribution in [0.1, 0.15) is 122 Å². The van der Waals surface area contributed by atoms with Crippen LogP contribution in [-0.4, -0.2) is 57.3 Å². The highest BCUT2D eigenvalue weighted by atomic mass is 28.4. The Morgan fingerprint density at radius 1 is 0.900 bits per heavy atom. The van der Waals surface area contributed by atoms with Gasteiger partial charge in [0.05, 0.1) is 36.6 Å². The molecule has 10 atom stereocenters. The summed E-state index contributed by atoms with van der Waals surface area (Å²) in [5.74, 6) is 1.21. The average Bonchev–Trinajstić information content (AvgIpc) is 3.06. The number of hydrogen-bond acceptors (Lipinski definition) is 5. The highest BCUT2D eigenvalue weighted by Gasteiger charge is 2.54. The Bertz CT molecular complexity index is 777. The standard InChI is InChI=1S/C34H64O5Si/c1-13-28-25(9)16-15-17-30-31(36-28)18-19-35-33(37-30)21-27(11)34(12)32(20-26(10)29(14-2)38-34)39-40(22(3)4,23(5)6)24(7)8/h15,17,22-33H,13-14,16,18-21H2,1-12H3/b17-15-/t25-,26+,27-,28+,29-,30+,31-,32+,33?,34+/m1/s1. The summed E-state index contributed by atoms with van der Waals surface area (Å²) < 4.78 is 34.3. The fraction of sp³-hybridized carbons (Fsp3) is 0.941. The van der Waals surface area contributed by atoms with Crippen LogP contribution in [0.25, 0.3) is 0 Å². The van der Waals surface area contributed by atoms with Gasteiger partial charge < -0.3 is 23.4 Å². The molecule has 0 aromatic carbocycles. The van der Waals surface area contributed by atoms with Crippen LogP contribution in [-0.2, 0) is 23.4 Å². The second-order valence-electron chi connectivity index (χ2n) is 14.5. The fourth-order valence-corrected chi connectivity index (χ4v) is 13.8. The van der Waals surface area contributed by atoms with Crippen LogP contribution < -0.4 is 0 Å². The SMILES string of the molecule is CC[C@@H]1O[C@@H]2CCOC(C[C@@H](C)[C@]3(C)O[C@H](CC)[C@@H](C)C[C@@H]3O[Si](C(C)C)(C(C)C)C(C)C)O[C@H]2/C=C\C[C@H]1C. The minimum atomic E-state index is -2.09. The Hall–Kier alpha value is -0.243. The molecule has 0 bridgehead atoms. The molecule has 3 aliphatic heterocycles. The first kappa shape index (κ1) is 34.2. The quantitative estimate of drug-likeness (QED) is 0.190. The van der Waals surface area contributed by atoms with Crippen LogP contribution in [0.4, 0.5) is 0 Å². The van der Waals surface area contributed by atoms with Crippen molar-refractivity contribution < 1.29 is 23.4 Å². The molecule has 1 unspecified atom stereocenters. The number of ether oxygens (including phenoxy) is 4. The first-order chi connectivity index (χ1) is 18.8. The van der Waals surface area contributed by atoms with Gasteiger partial charge in [-0.25, -0.2) is 0 Å². The Labute approximate surface area is 248 Å². The summed E-state index contributed by atoms with van der Waals surface area (Å²) in [7, 11) is -2.09. The van der Waals surface area contributed by atoms with E-state index in [1.54, 1.807) is 0 Å². The molecular weight excluding hydrogens is 516 g/mol. The van der Waals surface area contributed by atoms with Crippen molar-refractivity contribution in [3.8, 4) is 0 Å². The van der Waals surface area contributed by atoms with Gasteiger partial charge in [-0.1, -0.05) is 88.3 Å². The van der Waals surface area contributed by atoms with E-state index in [1.807, 2.05) is 0 Å². The van der Waals surface area contributed by atoms with Crippen LogP contribution in [0.15, 0.2) is 12.2 Å². The number of hydrogen-bond donors (Lipinski definition) is 0. The molecule has 2 saturated heterocycles. The number of allylic oxidation sites excluding steroid dienone is 1. The van der Waals surface area contributed by atoms with Gasteiger partial charge in [-0.15, -0.1) is 0 Å². The van der Waals surface area contributed by atoms with Crippen molar-refractivity contribution in [1.29, 1.82) is 0 Å². The topological polar surface area (TPSA) is 46.2 Å². The molecule has 0 amide bonds. The summed E-state index contributed by atoms with van der Waals surface area (Å²) in [6, 6.07) is 0. The fourth-order valence-electron chi connectivity index (χ4n) is 8.16. The third-order valence-corrected chi connectivity index (χ3v) is 17.0. The van der Waals surface area contributed by atoms with Gasteiger partial charge in [-0.05, 0) is 73.4 Å². The van der Waals surface area contributed by atoms with Crippen molar-refractivity contribution in [2.75, 3.05) is 6.61 Å². The molecule has 0 spiro atoms. The van der Waals surface area contributed by atoms with Gasteiger partial charge in [-0.2, -0.15) is 0 Å². The van der Waals surface area contributed by atoms with Gasteiger partial charge in [0, 0.05) is 6.42 Å². The largest absolute Gasteiger partial charge is 0.410 e. The monoisotopic (exact) mass is 580 g/mol. The van der Waals surface area contributed by atoms with E-state index in [-0.39, 0.29) is 42.7 Å². The van der Waals surface area contributed by atoms with Crippen molar-refractivity contribution in [3.63, 3.8) is 0 Å². The van der Waals surface area contributed by atoms with Gasteiger partial charge in [0.1, 0.15) is 6.10 Å². The van der Waals surface area contributed by atoms with E-state index in [1.165, 1.54) is 0 Å². The Morgan fingerprint density at radius 2 is 1.52 bits per heavy atom. The average molecular weight is 581 g/mol. The van der Waals surface area contributed by atoms with Gasteiger partial charge in [-0.3, -0.25) is 0 Å². The molecule has 3 heterocycles. The molecule has 0 aliphatic carbocycles. The molecule has 3 aliphatic rings. The zero-order chi connectivity index (χ0) is 29.8. The highest BCUT2D eigenvalue weighted by Crippen LogP contribution is 2.49. The van der Waals surface area contributed by atoms with Crippen LogP contribution in [0, 0.1) is 17.8 Å². The predicted molar refractivity (Wildman–Crippen MR) is 168 cm³/mol. The molecule has 0 aromatic heterocycles. The maximum atomic E-state index is 7.53. The van der Waals surface area contributed by atoms with E-state index in [0.29, 0.717) is 35.1 Å². The number of rotatable bonds is 10. The lowest BCUT2D eigenvalue weighted by Crippen LogP contribution is -2.62. The maximum absolute atomic E-state index is 7.53. The summed E-state index contributed by atoms with van der Waals surface area (Å²) in [4.78, 5) is 0. The minimum Gasteiger partial charge on any atom is -0.410 e. The zero-order valence-electron chi connectivity index (χ0n) is 28.1. The molecule has 0 aromatic rings. The molecule has 40 heavy (non-hydrogen) atoms. The van der Waals surface area contributed by atoms with Crippen molar-refractivity contribution in [2.24, 2.45) is 17.8 Å². The van der Waals surface area contributed by atoms with Gasteiger partial charge in [0.15, 0.2) is 6.29 Å². The molecule has 0 saturated carbocycles. The Morgan fingerprint density at radius 3 is 2.10 bits per heavy atom. The molecular formula is C34H64O5Si. The van der Waals surface area contributed by atoms with Crippen molar-refractivity contribution in [3.05, 3.63) is 12.2 Å². The maximum Gasteiger partial charge on any atom is 0.200 e. The molecule has 6 heteroatoms. The molecule has 3 rings (SSSR count). The van der Waals surface area contributed by atoms with Crippen LogP contribution in [0.3, 0.4) is 0 Å². The highest BCUT2D eigenvalue weighted by molar-refractivity contribution is 6.77. The van der Waals surface area contributed by atoms with Crippen LogP contribution in [0.5, 0.6) is 0 Å². The van der Waals surface area contributed by atoms with E-state index in [0.717, 1.165) is 38.5 Å². The molecule has 2 fully saturated rings. The van der Waals surface area contributed by atoms with E-state index in [9.17, 15) is 0 Å². The normalized spacial score (nSPS) is 39.5. The summed E-state index contributed by atoms with van der Waals surface area (Å²) in [5.41, 5.74) is 1.21. The van der Waals surface area contributed by atoms with Crippen LogP contribution in [0.2, 0.25) is 16.6 Å². The van der Waals surface area contributed by atoms with Gasteiger partial charge >= 0.3 is 0 Å². The van der Waals surface area contributed by atoms with E-state index in [2.05, 4.69) is 95.2 Å². The van der Waals surface area contributed by atoms with Crippen molar-refractivity contribution >= 4 is 8.32 Å². The Kier molecular flexibility index (Phi) is 12.4. The number of fused-ring (bicyclic) bond motifs is 1. The third-order valence-electron chi connectivity index (χ3n) is 10.8. The van der Waals surface area contributed by atoms with E-state index in [4.69, 9.17) is 23.4 Å². The molecule has 0 radical (unpaired) electrons. The first-order valence-electron chi connectivity index (χ1n) is 16.7. The molecule has 5 nitrogen and oxygen atoms in total. The predicted octanol–water partition coefficient (Wildman–Crippen LogP) is 9.06. The lowest BCUT2D eigenvalue weighted by Gasteiger charge is -2.55. The van der Waals surface area contributed by atoms with E-state index >= 15 is 0 Å². The lowest BCUT2D eigenvalue weighted by molar-refractivity contribution is -0.235. The van der Waals surface area contributed by atoms with Crippen LogP contribution >= 0.6 is 0 Å². The Balaban J connectivity index is 1.85. The summed E-state index contributed by atoms with van der Waals surface area (Å²) in [6.07, 6.45) is 10.6. The smallest absolute Gasteiger partial charge is 0.200 e. The van der Waals surface area contributed by atoms with Gasteiger partial charge in [0.25, 0.3) is 0 Å².